The molecule has 7 nitrogen and oxygen atoms in total. The summed E-state index contributed by atoms with van der Waals surface area (Å²) in [5, 5.41) is 17.5. The predicted molar refractivity (Wildman–Crippen MR) is 95.2 cm³/mol. The van der Waals surface area contributed by atoms with E-state index < -0.39 is 5.60 Å². The number of likely N-dealkylation sites (tertiary alicyclic amines) is 1. The highest BCUT2D eigenvalue weighted by Gasteiger charge is 2.38. The Hall–Kier alpha value is -1.89. The lowest BCUT2D eigenvalue weighted by Gasteiger charge is -2.32. The van der Waals surface area contributed by atoms with Crippen molar-refractivity contribution in [2.24, 2.45) is 0 Å². The minimum atomic E-state index is -1.23. The highest BCUT2D eigenvalue weighted by Crippen LogP contribution is 2.28. The predicted octanol–water partition coefficient (Wildman–Crippen LogP) is 1.98. The smallest absolute Gasteiger partial charge is 0.252 e. The average Bonchev–Trinajstić information content (AvgIpc) is 2.83. The van der Waals surface area contributed by atoms with Crippen molar-refractivity contribution in [3.05, 3.63) is 17.0 Å². The molecule has 1 atom stereocenters. The maximum Gasteiger partial charge on any atom is 0.252 e. The molecule has 1 saturated heterocycles. The number of rotatable bonds is 4. The quantitative estimate of drug-likeness (QED) is 0.853. The van der Waals surface area contributed by atoms with E-state index in [1.807, 2.05) is 18.7 Å². The van der Waals surface area contributed by atoms with Gasteiger partial charge in [-0.3, -0.25) is 9.59 Å². The first-order valence-corrected chi connectivity index (χ1v) is 9.62. The van der Waals surface area contributed by atoms with Crippen LogP contribution in [0.4, 0.5) is 0 Å². The van der Waals surface area contributed by atoms with Crippen LogP contribution in [-0.2, 0) is 16.1 Å². The van der Waals surface area contributed by atoms with E-state index in [1.54, 1.807) is 0 Å². The lowest BCUT2D eigenvalue weighted by molar-refractivity contribution is -0.144. The van der Waals surface area contributed by atoms with E-state index in [1.165, 1.54) is 0 Å². The van der Waals surface area contributed by atoms with Crippen molar-refractivity contribution in [2.75, 3.05) is 6.54 Å². The molecule has 1 saturated carbocycles. The first-order valence-electron chi connectivity index (χ1n) is 9.62. The topological polar surface area (TPSA) is 95.7 Å². The van der Waals surface area contributed by atoms with Crippen LogP contribution in [-0.4, -0.2) is 45.2 Å². The van der Waals surface area contributed by atoms with Gasteiger partial charge in [0.25, 0.3) is 5.91 Å². The fourth-order valence-corrected chi connectivity index (χ4v) is 3.95. The van der Waals surface area contributed by atoms with Crippen LogP contribution in [0.3, 0.4) is 0 Å². The molecule has 1 unspecified atom stereocenters. The van der Waals surface area contributed by atoms with Gasteiger partial charge in [-0.1, -0.05) is 24.4 Å². The minimum Gasteiger partial charge on any atom is -0.380 e. The third-order valence-corrected chi connectivity index (χ3v) is 5.78. The van der Waals surface area contributed by atoms with E-state index in [4.69, 9.17) is 4.52 Å². The van der Waals surface area contributed by atoms with Gasteiger partial charge in [0.1, 0.15) is 11.4 Å². The summed E-state index contributed by atoms with van der Waals surface area (Å²) < 4.78 is 5.18. The number of nitrogens with one attached hydrogen (secondary N) is 1. The van der Waals surface area contributed by atoms with Gasteiger partial charge in [-0.05, 0) is 39.5 Å². The summed E-state index contributed by atoms with van der Waals surface area (Å²) in [6.45, 7) is 4.80. The molecule has 1 aromatic rings. The third kappa shape index (κ3) is 4.09. The van der Waals surface area contributed by atoms with Gasteiger partial charge in [0.2, 0.25) is 5.91 Å². The van der Waals surface area contributed by atoms with Gasteiger partial charge in [-0.15, -0.1) is 0 Å². The van der Waals surface area contributed by atoms with Gasteiger partial charge in [-0.25, -0.2) is 0 Å². The number of carbonyl (C=O) groups is 2. The summed E-state index contributed by atoms with van der Waals surface area (Å²) in [7, 11) is 0. The number of aryl methyl sites for hydroxylation is 2. The summed E-state index contributed by atoms with van der Waals surface area (Å²) in [6, 6.07) is -0.0768. The summed E-state index contributed by atoms with van der Waals surface area (Å²) >= 11 is 0. The number of hydrogen-bond donors (Lipinski definition) is 2. The molecule has 144 valence electrons. The van der Waals surface area contributed by atoms with Crippen LogP contribution in [0.5, 0.6) is 0 Å². The van der Waals surface area contributed by atoms with Gasteiger partial charge < -0.3 is 19.8 Å². The van der Waals surface area contributed by atoms with Crippen LogP contribution in [0, 0.1) is 13.8 Å². The zero-order valence-corrected chi connectivity index (χ0v) is 15.7. The Morgan fingerprint density at radius 1 is 1.31 bits per heavy atom. The zero-order chi connectivity index (χ0) is 18.7. The lowest BCUT2D eigenvalue weighted by atomic mass is 9.84. The molecule has 2 heterocycles. The Bertz CT molecular complexity index is 644. The van der Waals surface area contributed by atoms with Crippen molar-refractivity contribution in [3.8, 4) is 0 Å². The van der Waals surface area contributed by atoms with Gasteiger partial charge in [-0.2, -0.15) is 0 Å². The van der Waals surface area contributed by atoms with Gasteiger partial charge >= 0.3 is 0 Å². The normalized spacial score (nSPS) is 23.6. The molecule has 2 amide bonds. The summed E-state index contributed by atoms with van der Waals surface area (Å²) in [4.78, 5) is 26.8. The Morgan fingerprint density at radius 2 is 2.04 bits per heavy atom. The van der Waals surface area contributed by atoms with E-state index >= 15 is 0 Å². The number of amides is 2. The molecular weight excluding hydrogens is 334 g/mol. The lowest BCUT2D eigenvalue weighted by Crippen LogP contribution is -2.51. The molecule has 2 aliphatic rings. The van der Waals surface area contributed by atoms with Crippen LogP contribution in [0.25, 0.3) is 0 Å². The molecule has 1 aliphatic carbocycles. The van der Waals surface area contributed by atoms with Crippen LogP contribution >= 0.6 is 0 Å². The maximum atomic E-state index is 12.5. The van der Waals surface area contributed by atoms with Crippen molar-refractivity contribution in [2.45, 2.75) is 83.4 Å². The number of nitrogens with zero attached hydrogens (tertiary/aromatic N) is 2. The summed E-state index contributed by atoms with van der Waals surface area (Å²) in [6.07, 6.45) is 5.61. The zero-order valence-electron chi connectivity index (χ0n) is 15.7. The average molecular weight is 363 g/mol. The number of aliphatic hydroxyl groups is 1. The molecule has 0 bridgehead atoms. The number of hydrogen-bond acceptors (Lipinski definition) is 5. The first-order chi connectivity index (χ1) is 12.4. The molecule has 2 fully saturated rings. The molecule has 3 rings (SSSR count). The largest absolute Gasteiger partial charge is 0.380 e. The van der Waals surface area contributed by atoms with Gasteiger partial charge in [0, 0.05) is 24.6 Å². The Kier molecular flexibility index (Phi) is 5.65. The van der Waals surface area contributed by atoms with Crippen molar-refractivity contribution in [1.29, 1.82) is 0 Å². The molecule has 0 spiro atoms. The van der Waals surface area contributed by atoms with Crippen LogP contribution in [0.2, 0.25) is 0 Å². The van der Waals surface area contributed by atoms with E-state index in [2.05, 4.69) is 10.5 Å². The molecule has 7 heteroatoms. The molecule has 0 radical (unpaired) electrons. The van der Waals surface area contributed by atoms with E-state index in [0.717, 1.165) is 36.3 Å². The van der Waals surface area contributed by atoms with Crippen molar-refractivity contribution in [3.63, 3.8) is 0 Å². The SMILES string of the molecule is Cc1noc(C)c1CN1CCC(NC(=O)C2(O)CCCCC2)CCC1=O. The Labute approximate surface area is 154 Å². The molecule has 1 aliphatic heterocycles. The monoisotopic (exact) mass is 363 g/mol. The van der Waals surface area contributed by atoms with Crippen molar-refractivity contribution < 1.29 is 19.2 Å². The first kappa shape index (κ1) is 18.9. The Morgan fingerprint density at radius 3 is 2.69 bits per heavy atom. The Balaban J connectivity index is 1.58. The van der Waals surface area contributed by atoms with Crippen LogP contribution in [0.1, 0.15) is 68.4 Å². The number of carbonyl (C=O) groups excluding carboxylic acids is 2. The second-order valence-electron chi connectivity index (χ2n) is 7.71. The fourth-order valence-electron chi connectivity index (χ4n) is 3.95. The van der Waals surface area contributed by atoms with Gasteiger partial charge in [0.15, 0.2) is 0 Å². The van der Waals surface area contributed by atoms with E-state index in [0.29, 0.717) is 45.2 Å². The van der Waals surface area contributed by atoms with E-state index in [-0.39, 0.29) is 17.9 Å². The summed E-state index contributed by atoms with van der Waals surface area (Å²) in [5.74, 6) is 0.552. The van der Waals surface area contributed by atoms with Gasteiger partial charge in [0.05, 0.1) is 12.2 Å². The maximum absolute atomic E-state index is 12.5. The molecule has 1 aromatic heterocycles. The van der Waals surface area contributed by atoms with E-state index in [9.17, 15) is 14.7 Å². The summed E-state index contributed by atoms with van der Waals surface area (Å²) in [5.41, 5.74) is 0.534. The minimum absolute atomic E-state index is 0.0768. The fraction of sp³-hybridized carbons (Fsp3) is 0.737. The third-order valence-electron chi connectivity index (χ3n) is 5.78. The molecule has 26 heavy (non-hydrogen) atoms. The number of aromatic nitrogens is 1. The second-order valence-corrected chi connectivity index (χ2v) is 7.71. The molecule has 2 N–H and O–H groups in total. The molecule has 0 aromatic carbocycles. The van der Waals surface area contributed by atoms with Crippen molar-refractivity contribution >= 4 is 11.8 Å². The highest BCUT2D eigenvalue weighted by molar-refractivity contribution is 5.85. The standard InChI is InChI=1S/C19H29N3O4/c1-13-16(14(2)26-21-13)12-22-11-8-15(6-7-17(22)23)20-18(24)19(25)9-4-3-5-10-19/h15,25H,3-12H2,1-2H3,(H,20,24). The van der Waals surface area contributed by atoms with Crippen molar-refractivity contribution in [1.82, 2.24) is 15.4 Å². The van der Waals surface area contributed by atoms with Crippen LogP contribution < -0.4 is 5.32 Å². The highest BCUT2D eigenvalue weighted by atomic mass is 16.5. The molecular formula is C19H29N3O4. The second kappa shape index (κ2) is 7.78. The van der Waals surface area contributed by atoms with Crippen LogP contribution in [0.15, 0.2) is 4.52 Å².